The molecular weight excluding hydrogens is 318 g/mol. The first-order valence-corrected chi connectivity index (χ1v) is 7.99. The Kier molecular flexibility index (Phi) is 3.61. The lowest BCUT2D eigenvalue weighted by Crippen LogP contribution is -2.02. The summed E-state index contributed by atoms with van der Waals surface area (Å²) in [6.45, 7) is 0. The number of aromatic amines is 1. The van der Waals surface area contributed by atoms with Gasteiger partial charge in [0, 0.05) is 6.42 Å². The maximum atomic E-state index is 13.0. The van der Waals surface area contributed by atoms with E-state index >= 15 is 0 Å². The number of nitrogens with one attached hydrogen (secondary N) is 1. The summed E-state index contributed by atoms with van der Waals surface area (Å²) in [5, 5.41) is 9.96. The standard InChI is InChI=1S/C20H15NO4/c22-16(23)11-10-14-20-17(18(21-14)12-6-2-1-3-7-12)19(24)13-8-4-5-9-15(13)25-20/h1-9,21H,10-11H2,(H,22,23). The van der Waals surface area contributed by atoms with Crippen LogP contribution in [-0.2, 0) is 11.2 Å². The Bertz CT molecular complexity index is 1140. The minimum atomic E-state index is -0.896. The average Bonchev–Trinajstić information content (AvgIpc) is 3.00. The number of hydrogen-bond acceptors (Lipinski definition) is 3. The van der Waals surface area contributed by atoms with Crippen molar-refractivity contribution in [3.8, 4) is 11.3 Å². The molecule has 0 aliphatic heterocycles. The number of carboxylic acid groups (broad SMARTS) is 1. The first-order chi connectivity index (χ1) is 12.1. The maximum Gasteiger partial charge on any atom is 0.303 e. The van der Waals surface area contributed by atoms with Crippen LogP contribution in [0.1, 0.15) is 12.1 Å². The third kappa shape index (κ3) is 2.59. The molecule has 4 aromatic rings. The zero-order chi connectivity index (χ0) is 17.4. The number of hydrogen-bond donors (Lipinski definition) is 2. The lowest BCUT2D eigenvalue weighted by Gasteiger charge is -2.00. The lowest BCUT2D eigenvalue weighted by atomic mass is 10.1. The van der Waals surface area contributed by atoms with Gasteiger partial charge in [0.2, 0.25) is 5.43 Å². The largest absolute Gasteiger partial charge is 0.481 e. The van der Waals surface area contributed by atoms with Crippen LogP contribution in [-0.4, -0.2) is 16.1 Å². The van der Waals surface area contributed by atoms with Crippen molar-refractivity contribution >= 4 is 27.9 Å². The highest BCUT2D eigenvalue weighted by Gasteiger charge is 2.19. The predicted octanol–water partition coefficient (Wildman–Crippen LogP) is 3.96. The van der Waals surface area contributed by atoms with Crippen LogP contribution in [0.15, 0.2) is 63.8 Å². The van der Waals surface area contributed by atoms with Crippen LogP contribution in [0.25, 0.3) is 33.2 Å². The van der Waals surface area contributed by atoms with Gasteiger partial charge in [0.05, 0.1) is 28.6 Å². The monoisotopic (exact) mass is 333 g/mol. The molecule has 25 heavy (non-hydrogen) atoms. The quantitative estimate of drug-likeness (QED) is 0.592. The summed E-state index contributed by atoms with van der Waals surface area (Å²) in [6.07, 6.45) is 0.223. The van der Waals surface area contributed by atoms with Crippen molar-refractivity contribution in [3.05, 3.63) is 70.5 Å². The van der Waals surface area contributed by atoms with E-state index in [1.807, 2.05) is 30.3 Å². The van der Waals surface area contributed by atoms with Crippen LogP contribution >= 0.6 is 0 Å². The molecule has 0 amide bonds. The van der Waals surface area contributed by atoms with Crippen LogP contribution in [0.5, 0.6) is 0 Å². The van der Waals surface area contributed by atoms with E-state index in [4.69, 9.17) is 9.52 Å². The molecule has 0 unspecified atom stereocenters. The van der Waals surface area contributed by atoms with E-state index < -0.39 is 5.97 Å². The van der Waals surface area contributed by atoms with Gasteiger partial charge in [-0.3, -0.25) is 9.59 Å². The molecule has 0 spiro atoms. The van der Waals surface area contributed by atoms with Gasteiger partial charge in [0.1, 0.15) is 5.58 Å². The highest BCUT2D eigenvalue weighted by molar-refractivity contribution is 5.99. The zero-order valence-electron chi connectivity index (χ0n) is 13.3. The number of H-pyrrole nitrogens is 1. The number of fused-ring (bicyclic) bond motifs is 2. The maximum absolute atomic E-state index is 13.0. The molecule has 5 heteroatoms. The summed E-state index contributed by atoms with van der Waals surface area (Å²) < 4.78 is 5.97. The van der Waals surface area contributed by atoms with Crippen molar-refractivity contribution in [2.24, 2.45) is 0 Å². The Morgan fingerprint density at radius 2 is 1.76 bits per heavy atom. The van der Waals surface area contributed by atoms with Crippen molar-refractivity contribution in [2.75, 3.05) is 0 Å². The van der Waals surface area contributed by atoms with Crippen LogP contribution in [0.4, 0.5) is 0 Å². The fraction of sp³-hybridized carbons (Fsp3) is 0.100. The minimum absolute atomic E-state index is 0.0413. The summed E-state index contributed by atoms with van der Waals surface area (Å²) in [6, 6.07) is 16.6. The second-order valence-corrected chi connectivity index (χ2v) is 5.87. The van der Waals surface area contributed by atoms with E-state index in [-0.39, 0.29) is 18.3 Å². The van der Waals surface area contributed by atoms with Crippen molar-refractivity contribution in [1.82, 2.24) is 4.98 Å². The van der Waals surface area contributed by atoms with Gasteiger partial charge in [-0.2, -0.15) is 0 Å². The highest BCUT2D eigenvalue weighted by atomic mass is 16.4. The number of para-hydroxylation sites is 1. The van der Waals surface area contributed by atoms with Gasteiger partial charge in [0.15, 0.2) is 5.58 Å². The number of aromatic nitrogens is 1. The summed E-state index contributed by atoms with van der Waals surface area (Å²) in [7, 11) is 0. The summed E-state index contributed by atoms with van der Waals surface area (Å²) in [5.74, 6) is -0.896. The van der Waals surface area contributed by atoms with Crippen LogP contribution in [0, 0.1) is 0 Å². The number of aryl methyl sites for hydroxylation is 1. The Balaban J connectivity index is 2.06. The summed E-state index contributed by atoms with van der Waals surface area (Å²) in [5.41, 5.74) is 2.96. The van der Waals surface area contributed by atoms with Crippen molar-refractivity contribution in [1.29, 1.82) is 0 Å². The number of benzene rings is 2. The number of aliphatic carboxylic acids is 1. The third-order valence-electron chi connectivity index (χ3n) is 4.25. The topological polar surface area (TPSA) is 83.3 Å². The minimum Gasteiger partial charge on any atom is -0.481 e. The lowest BCUT2D eigenvalue weighted by molar-refractivity contribution is -0.136. The molecule has 0 saturated heterocycles. The molecule has 0 aliphatic carbocycles. The zero-order valence-corrected chi connectivity index (χ0v) is 13.3. The van der Waals surface area contributed by atoms with Gasteiger partial charge < -0.3 is 14.5 Å². The van der Waals surface area contributed by atoms with Gasteiger partial charge in [-0.25, -0.2) is 0 Å². The Morgan fingerprint density at radius 1 is 1.04 bits per heavy atom. The molecular formula is C20H15NO4. The molecule has 2 aromatic heterocycles. The molecule has 4 rings (SSSR count). The Labute approximate surface area is 142 Å². The molecule has 0 saturated carbocycles. The number of carbonyl (C=O) groups is 1. The molecule has 124 valence electrons. The molecule has 5 nitrogen and oxygen atoms in total. The average molecular weight is 333 g/mol. The summed E-state index contributed by atoms with van der Waals surface area (Å²) >= 11 is 0. The second-order valence-electron chi connectivity index (χ2n) is 5.87. The van der Waals surface area contributed by atoms with E-state index in [1.165, 1.54) is 0 Å². The van der Waals surface area contributed by atoms with Crippen molar-refractivity contribution in [2.45, 2.75) is 12.8 Å². The van der Waals surface area contributed by atoms with Crippen molar-refractivity contribution in [3.63, 3.8) is 0 Å². The van der Waals surface area contributed by atoms with Crippen LogP contribution in [0.3, 0.4) is 0 Å². The van der Waals surface area contributed by atoms with E-state index in [0.717, 1.165) is 5.56 Å². The van der Waals surface area contributed by atoms with E-state index in [1.54, 1.807) is 24.3 Å². The van der Waals surface area contributed by atoms with Gasteiger partial charge in [0.25, 0.3) is 0 Å². The molecule has 0 radical (unpaired) electrons. The normalized spacial score (nSPS) is 11.2. The smallest absolute Gasteiger partial charge is 0.303 e. The Morgan fingerprint density at radius 3 is 2.52 bits per heavy atom. The first-order valence-electron chi connectivity index (χ1n) is 7.99. The number of carboxylic acids is 1. The van der Waals surface area contributed by atoms with Gasteiger partial charge in [-0.15, -0.1) is 0 Å². The highest BCUT2D eigenvalue weighted by Crippen LogP contribution is 2.31. The molecule has 2 N–H and O–H groups in total. The molecule has 0 atom stereocenters. The van der Waals surface area contributed by atoms with Gasteiger partial charge >= 0.3 is 5.97 Å². The third-order valence-corrected chi connectivity index (χ3v) is 4.25. The van der Waals surface area contributed by atoms with Crippen molar-refractivity contribution < 1.29 is 14.3 Å². The molecule has 2 heterocycles. The van der Waals surface area contributed by atoms with E-state index in [9.17, 15) is 9.59 Å². The fourth-order valence-corrected chi connectivity index (χ4v) is 3.08. The second kappa shape index (κ2) is 5.94. The molecule has 0 fully saturated rings. The number of rotatable bonds is 4. The predicted molar refractivity (Wildman–Crippen MR) is 95.7 cm³/mol. The SMILES string of the molecule is O=C(O)CCc1[nH]c(-c2ccccc2)c2c(=O)c3ccccc3oc12. The molecule has 0 aliphatic rings. The van der Waals surface area contributed by atoms with Gasteiger partial charge in [-0.05, 0) is 17.7 Å². The van der Waals surface area contributed by atoms with E-state index in [2.05, 4.69) is 4.98 Å². The first kappa shape index (κ1) is 15.2. The van der Waals surface area contributed by atoms with E-state index in [0.29, 0.717) is 33.3 Å². The molecule has 2 aromatic carbocycles. The van der Waals surface area contributed by atoms with Crippen LogP contribution < -0.4 is 5.43 Å². The van der Waals surface area contributed by atoms with Gasteiger partial charge in [-0.1, -0.05) is 42.5 Å². The fourth-order valence-electron chi connectivity index (χ4n) is 3.08. The Hall–Kier alpha value is -3.34. The molecule has 0 bridgehead atoms. The summed E-state index contributed by atoms with van der Waals surface area (Å²) in [4.78, 5) is 27.2. The van der Waals surface area contributed by atoms with Crippen LogP contribution in [0.2, 0.25) is 0 Å².